The number of hydrogen-bond donors (Lipinski definition) is 0. The van der Waals surface area contributed by atoms with Crippen LogP contribution in [-0.2, 0) is 4.74 Å². The zero-order valence-corrected chi connectivity index (χ0v) is 13.2. The van der Waals surface area contributed by atoms with Gasteiger partial charge in [-0.1, -0.05) is 0 Å². The molecule has 0 saturated carbocycles. The molecule has 9 heteroatoms. The van der Waals surface area contributed by atoms with E-state index in [9.17, 15) is 14.9 Å². The Labute approximate surface area is 139 Å². The maximum atomic E-state index is 11.9. The zero-order valence-electron chi connectivity index (χ0n) is 12.4. The number of nitro benzene ring substituents is 1. The lowest BCUT2D eigenvalue weighted by molar-refractivity contribution is -0.384. The van der Waals surface area contributed by atoms with Gasteiger partial charge in [-0.05, 0) is 30.5 Å². The molecule has 0 saturated heterocycles. The molecular formula is C15H11N3O5S. The molecule has 2 aromatic heterocycles. The van der Waals surface area contributed by atoms with Gasteiger partial charge in [0.05, 0.1) is 10.5 Å². The van der Waals surface area contributed by atoms with Gasteiger partial charge in [-0.3, -0.25) is 10.1 Å². The summed E-state index contributed by atoms with van der Waals surface area (Å²) in [5.74, 6) is -0.135. The second-order valence-electron chi connectivity index (χ2n) is 4.81. The smallest absolute Gasteiger partial charge is 0.339 e. The van der Waals surface area contributed by atoms with Crippen molar-refractivity contribution >= 4 is 23.0 Å². The maximum Gasteiger partial charge on any atom is 0.339 e. The van der Waals surface area contributed by atoms with Crippen molar-refractivity contribution in [3.05, 3.63) is 62.7 Å². The van der Waals surface area contributed by atoms with Gasteiger partial charge in [0.15, 0.2) is 6.10 Å². The molecule has 1 atom stereocenters. The van der Waals surface area contributed by atoms with E-state index >= 15 is 0 Å². The number of non-ortho nitro benzene ring substituents is 1. The number of hydrogen-bond acceptors (Lipinski definition) is 8. The first kappa shape index (κ1) is 15.8. The molecule has 0 aliphatic heterocycles. The SMILES string of the molecule is CC(OC(=O)c1ccsc1)c1nnc(-c2ccc([N+](=O)[O-])cc2)o1. The number of nitro groups is 1. The molecule has 1 aromatic carbocycles. The Kier molecular flexibility index (Phi) is 4.34. The lowest BCUT2D eigenvalue weighted by Crippen LogP contribution is -2.08. The molecule has 3 aromatic rings. The number of ether oxygens (including phenoxy) is 1. The summed E-state index contributed by atoms with van der Waals surface area (Å²) < 4.78 is 10.7. The molecule has 2 heterocycles. The molecule has 0 spiro atoms. The number of thiophene rings is 1. The third-order valence-electron chi connectivity index (χ3n) is 3.15. The van der Waals surface area contributed by atoms with Crippen molar-refractivity contribution in [2.45, 2.75) is 13.0 Å². The molecule has 8 nitrogen and oxygen atoms in total. The van der Waals surface area contributed by atoms with E-state index in [0.29, 0.717) is 11.1 Å². The number of carbonyl (C=O) groups is 1. The summed E-state index contributed by atoms with van der Waals surface area (Å²) in [5.41, 5.74) is 0.967. The van der Waals surface area contributed by atoms with Crippen LogP contribution in [0, 0.1) is 10.1 Å². The van der Waals surface area contributed by atoms with Crippen LogP contribution in [0.15, 0.2) is 45.5 Å². The van der Waals surface area contributed by atoms with Crippen LogP contribution in [0.1, 0.15) is 29.3 Å². The highest BCUT2D eigenvalue weighted by atomic mass is 32.1. The Bertz CT molecular complexity index is 858. The topological polar surface area (TPSA) is 108 Å². The Morgan fingerprint density at radius 3 is 2.67 bits per heavy atom. The number of esters is 1. The van der Waals surface area contributed by atoms with Crippen molar-refractivity contribution in [3.63, 3.8) is 0 Å². The minimum atomic E-state index is -0.711. The number of aromatic nitrogens is 2. The predicted octanol–water partition coefficient (Wildman–Crippen LogP) is 3.62. The molecule has 1 unspecified atom stereocenters. The van der Waals surface area contributed by atoms with Crippen molar-refractivity contribution in [3.8, 4) is 11.5 Å². The molecule has 122 valence electrons. The van der Waals surface area contributed by atoms with E-state index in [0.717, 1.165) is 0 Å². The fourth-order valence-corrected chi connectivity index (χ4v) is 2.53. The van der Waals surface area contributed by atoms with Crippen LogP contribution in [0.4, 0.5) is 5.69 Å². The first-order valence-corrected chi connectivity index (χ1v) is 7.80. The van der Waals surface area contributed by atoms with Gasteiger partial charge in [0.25, 0.3) is 11.6 Å². The third kappa shape index (κ3) is 3.30. The van der Waals surface area contributed by atoms with E-state index in [1.54, 1.807) is 23.8 Å². The summed E-state index contributed by atoms with van der Waals surface area (Å²) in [5, 5.41) is 21.8. The standard InChI is InChI=1S/C15H11N3O5S/c1-9(22-15(19)11-6-7-24-8-11)13-16-17-14(23-13)10-2-4-12(5-3-10)18(20)21/h2-9H,1H3. The molecule has 0 aliphatic carbocycles. The Morgan fingerprint density at radius 2 is 2.04 bits per heavy atom. The number of rotatable bonds is 5. The van der Waals surface area contributed by atoms with Crippen LogP contribution >= 0.6 is 11.3 Å². The van der Waals surface area contributed by atoms with Gasteiger partial charge in [-0.2, -0.15) is 11.3 Å². The molecule has 24 heavy (non-hydrogen) atoms. The fraction of sp³-hybridized carbons (Fsp3) is 0.133. The summed E-state index contributed by atoms with van der Waals surface area (Å²) in [6.07, 6.45) is -0.711. The molecule has 3 rings (SSSR count). The van der Waals surface area contributed by atoms with Gasteiger partial charge in [0, 0.05) is 23.1 Å². The average Bonchev–Trinajstić information content (AvgIpc) is 3.26. The summed E-state index contributed by atoms with van der Waals surface area (Å²) in [7, 11) is 0. The highest BCUT2D eigenvalue weighted by Crippen LogP contribution is 2.25. The third-order valence-corrected chi connectivity index (χ3v) is 3.84. The van der Waals surface area contributed by atoms with Crippen LogP contribution < -0.4 is 0 Å². The van der Waals surface area contributed by atoms with Crippen molar-refractivity contribution in [1.29, 1.82) is 0 Å². The number of carbonyl (C=O) groups excluding carboxylic acids is 1. The molecule has 0 N–H and O–H groups in total. The van der Waals surface area contributed by atoms with Gasteiger partial charge in [-0.15, -0.1) is 10.2 Å². The highest BCUT2D eigenvalue weighted by Gasteiger charge is 2.20. The van der Waals surface area contributed by atoms with Crippen molar-refractivity contribution in [2.24, 2.45) is 0 Å². The Morgan fingerprint density at radius 1 is 1.29 bits per heavy atom. The number of benzene rings is 1. The van der Waals surface area contributed by atoms with Crippen LogP contribution in [0.3, 0.4) is 0 Å². The van der Waals surface area contributed by atoms with Gasteiger partial charge in [0.1, 0.15) is 0 Å². The van der Waals surface area contributed by atoms with Gasteiger partial charge < -0.3 is 9.15 Å². The fourth-order valence-electron chi connectivity index (χ4n) is 1.90. The summed E-state index contributed by atoms with van der Waals surface area (Å²) >= 11 is 1.40. The van der Waals surface area contributed by atoms with Crippen molar-refractivity contribution < 1.29 is 18.9 Å². The first-order valence-electron chi connectivity index (χ1n) is 6.86. The Balaban J connectivity index is 1.72. The lowest BCUT2D eigenvalue weighted by Gasteiger charge is -2.07. The van der Waals surface area contributed by atoms with E-state index in [4.69, 9.17) is 9.15 Å². The average molecular weight is 345 g/mol. The van der Waals surface area contributed by atoms with E-state index in [1.165, 1.54) is 35.6 Å². The van der Waals surface area contributed by atoms with Gasteiger partial charge >= 0.3 is 5.97 Å². The second kappa shape index (κ2) is 6.59. The van der Waals surface area contributed by atoms with Crippen molar-refractivity contribution in [2.75, 3.05) is 0 Å². The Hall–Kier alpha value is -3.07. The zero-order chi connectivity index (χ0) is 17.1. The highest BCUT2D eigenvalue weighted by molar-refractivity contribution is 7.08. The molecule has 0 radical (unpaired) electrons. The van der Waals surface area contributed by atoms with Crippen LogP contribution in [0.25, 0.3) is 11.5 Å². The van der Waals surface area contributed by atoms with Crippen molar-refractivity contribution in [1.82, 2.24) is 10.2 Å². The predicted molar refractivity (Wildman–Crippen MR) is 84.5 cm³/mol. The summed E-state index contributed by atoms with van der Waals surface area (Å²) in [6, 6.07) is 7.38. The first-order chi connectivity index (χ1) is 11.5. The minimum Gasteiger partial charge on any atom is -0.449 e. The molecule has 0 fully saturated rings. The second-order valence-corrected chi connectivity index (χ2v) is 5.59. The maximum absolute atomic E-state index is 11.9. The van der Waals surface area contributed by atoms with E-state index < -0.39 is 17.0 Å². The van der Waals surface area contributed by atoms with Gasteiger partial charge in [-0.25, -0.2) is 4.79 Å². The quantitative estimate of drug-likeness (QED) is 0.394. The molecule has 0 amide bonds. The van der Waals surface area contributed by atoms with E-state index in [2.05, 4.69) is 10.2 Å². The minimum absolute atomic E-state index is 0.0310. The number of nitrogens with zero attached hydrogens (tertiary/aromatic N) is 3. The van der Waals surface area contributed by atoms with Crippen LogP contribution in [0.5, 0.6) is 0 Å². The lowest BCUT2D eigenvalue weighted by atomic mass is 10.2. The van der Waals surface area contributed by atoms with Crippen LogP contribution in [-0.4, -0.2) is 21.1 Å². The van der Waals surface area contributed by atoms with E-state index in [-0.39, 0.29) is 17.5 Å². The summed E-state index contributed by atoms with van der Waals surface area (Å²) in [4.78, 5) is 22.1. The normalized spacial score (nSPS) is 11.9. The largest absolute Gasteiger partial charge is 0.449 e. The van der Waals surface area contributed by atoms with Gasteiger partial charge in [0.2, 0.25) is 5.89 Å². The summed E-state index contributed by atoms with van der Waals surface area (Å²) in [6.45, 7) is 1.62. The molecular weight excluding hydrogens is 334 g/mol. The van der Waals surface area contributed by atoms with E-state index in [1.807, 2.05) is 0 Å². The molecule has 0 aliphatic rings. The monoisotopic (exact) mass is 345 g/mol. The van der Waals surface area contributed by atoms with Crippen LogP contribution in [0.2, 0.25) is 0 Å². The molecule has 0 bridgehead atoms.